The van der Waals surface area contributed by atoms with Crippen LogP contribution in [-0.2, 0) is 0 Å². The van der Waals surface area contributed by atoms with Crippen LogP contribution in [0.3, 0.4) is 0 Å². The van der Waals surface area contributed by atoms with Crippen molar-refractivity contribution < 1.29 is 0 Å². The van der Waals surface area contributed by atoms with Gasteiger partial charge in [0.25, 0.3) is 0 Å². The Kier molecular flexibility index (Phi) is 4.53. The molecule has 0 aromatic heterocycles. The SMILES string of the molecule is [Li][CH2]CCCN1CCCC1. The fourth-order valence-electron chi connectivity index (χ4n) is 1.59. The molecular formula is C8H16LiN. The van der Waals surface area contributed by atoms with E-state index in [0.717, 1.165) is 0 Å². The number of hydrogen-bond acceptors (Lipinski definition) is 1. The fraction of sp³-hybridized carbons (Fsp3) is 1.00. The van der Waals surface area contributed by atoms with E-state index >= 15 is 0 Å². The summed E-state index contributed by atoms with van der Waals surface area (Å²) in [5, 5.41) is 1.36. The van der Waals surface area contributed by atoms with Crippen molar-refractivity contribution in [2.24, 2.45) is 0 Å². The molecule has 0 unspecified atom stereocenters. The van der Waals surface area contributed by atoms with Crippen molar-refractivity contribution in [3.05, 3.63) is 0 Å². The van der Waals surface area contributed by atoms with Gasteiger partial charge in [-0.05, 0) is 0 Å². The molecule has 10 heavy (non-hydrogen) atoms. The molecule has 0 aliphatic carbocycles. The molecule has 0 atom stereocenters. The van der Waals surface area contributed by atoms with E-state index in [9.17, 15) is 0 Å². The zero-order valence-corrected chi connectivity index (χ0v) is 7.10. The fourth-order valence-corrected chi connectivity index (χ4v) is 1.59. The number of likely N-dealkylation sites (tertiary alicyclic amines) is 1. The van der Waals surface area contributed by atoms with Crippen LogP contribution in [0.1, 0.15) is 25.7 Å². The van der Waals surface area contributed by atoms with Crippen LogP contribution in [0.25, 0.3) is 0 Å². The first-order chi connectivity index (χ1) is 4.93. The van der Waals surface area contributed by atoms with Crippen LogP contribution in [0.4, 0.5) is 0 Å². The zero-order valence-electron chi connectivity index (χ0n) is 7.10. The summed E-state index contributed by atoms with van der Waals surface area (Å²) in [6, 6.07) is 0. The van der Waals surface area contributed by atoms with Gasteiger partial charge in [0.15, 0.2) is 0 Å². The first-order valence-corrected chi connectivity index (χ1v) is 4.66. The van der Waals surface area contributed by atoms with Gasteiger partial charge in [0.1, 0.15) is 0 Å². The second kappa shape index (κ2) is 5.24. The molecule has 0 spiro atoms. The number of hydrogen-bond donors (Lipinski definition) is 0. The van der Waals surface area contributed by atoms with Gasteiger partial charge in [-0.15, -0.1) is 0 Å². The van der Waals surface area contributed by atoms with E-state index in [1.165, 1.54) is 50.4 Å². The normalized spacial score (nSPS) is 20.2. The third-order valence-corrected chi connectivity index (χ3v) is 2.28. The Bertz CT molecular complexity index is 79.3. The average Bonchev–Trinajstić information content (AvgIpc) is 2.41. The van der Waals surface area contributed by atoms with Crippen LogP contribution in [0.15, 0.2) is 0 Å². The van der Waals surface area contributed by atoms with Crippen LogP contribution in [-0.4, -0.2) is 42.2 Å². The van der Waals surface area contributed by atoms with Crippen molar-refractivity contribution in [2.75, 3.05) is 19.6 Å². The van der Waals surface area contributed by atoms with Crippen molar-refractivity contribution in [2.45, 2.75) is 30.8 Å². The maximum absolute atomic E-state index is 2.59. The maximum atomic E-state index is 2.59. The van der Waals surface area contributed by atoms with Crippen molar-refractivity contribution >= 4 is 17.7 Å². The van der Waals surface area contributed by atoms with Gasteiger partial charge in [-0.2, -0.15) is 0 Å². The molecule has 2 heteroatoms. The molecule has 1 rings (SSSR count). The van der Waals surface area contributed by atoms with Crippen LogP contribution in [0, 0.1) is 0 Å². The summed E-state index contributed by atoms with van der Waals surface area (Å²) >= 11 is 2.27. The van der Waals surface area contributed by atoms with E-state index in [-0.39, 0.29) is 0 Å². The Morgan fingerprint density at radius 2 is 1.80 bits per heavy atom. The van der Waals surface area contributed by atoms with Gasteiger partial charge in [-0.25, -0.2) is 0 Å². The Balaban J connectivity index is 1.91. The van der Waals surface area contributed by atoms with E-state index in [4.69, 9.17) is 0 Å². The summed E-state index contributed by atoms with van der Waals surface area (Å²) in [5.41, 5.74) is 0. The number of nitrogens with zero attached hydrogens (tertiary/aromatic N) is 1. The summed E-state index contributed by atoms with van der Waals surface area (Å²) in [4.78, 5) is 2.59. The molecule has 1 fully saturated rings. The molecule has 1 aliphatic rings. The van der Waals surface area contributed by atoms with Gasteiger partial charge < -0.3 is 0 Å². The summed E-state index contributed by atoms with van der Waals surface area (Å²) in [5.74, 6) is 0. The van der Waals surface area contributed by atoms with Crippen molar-refractivity contribution in [3.63, 3.8) is 0 Å². The second-order valence-electron chi connectivity index (χ2n) is 3.26. The van der Waals surface area contributed by atoms with Crippen LogP contribution in [0.5, 0.6) is 0 Å². The minimum absolute atomic E-state index is 1.36. The van der Waals surface area contributed by atoms with E-state index in [1.807, 2.05) is 0 Å². The summed E-state index contributed by atoms with van der Waals surface area (Å²) in [7, 11) is 0. The first kappa shape index (κ1) is 8.65. The van der Waals surface area contributed by atoms with Crippen LogP contribution in [0.2, 0.25) is 5.09 Å². The van der Waals surface area contributed by atoms with Gasteiger partial charge in [0.2, 0.25) is 0 Å². The van der Waals surface area contributed by atoms with E-state index in [1.54, 1.807) is 0 Å². The molecule has 0 saturated carbocycles. The molecule has 1 nitrogen and oxygen atoms in total. The molecule has 1 aliphatic heterocycles. The molecule has 0 N–H and O–H groups in total. The molecule has 0 radical (unpaired) electrons. The molecule has 0 aromatic rings. The Labute approximate surface area is 73.4 Å². The van der Waals surface area contributed by atoms with Gasteiger partial charge in [0, 0.05) is 0 Å². The third kappa shape index (κ3) is 3.10. The molecule has 0 amide bonds. The Hall–Kier alpha value is 0.557. The zero-order chi connectivity index (χ0) is 7.23. The predicted octanol–water partition coefficient (Wildman–Crippen LogP) is 1.45. The second-order valence-corrected chi connectivity index (χ2v) is 3.26. The molecule has 1 heterocycles. The average molecular weight is 133 g/mol. The molecular weight excluding hydrogens is 117 g/mol. The van der Waals surface area contributed by atoms with Gasteiger partial charge in [-0.1, -0.05) is 0 Å². The molecule has 1 saturated heterocycles. The predicted molar refractivity (Wildman–Crippen MR) is 45.5 cm³/mol. The van der Waals surface area contributed by atoms with Crippen molar-refractivity contribution in [1.82, 2.24) is 4.90 Å². The summed E-state index contributed by atoms with van der Waals surface area (Å²) < 4.78 is 0. The van der Waals surface area contributed by atoms with E-state index in [0.29, 0.717) is 0 Å². The Morgan fingerprint density at radius 3 is 2.40 bits per heavy atom. The third-order valence-electron chi connectivity index (χ3n) is 2.28. The number of unbranched alkanes of at least 4 members (excludes halogenated alkanes) is 1. The van der Waals surface area contributed by atoms with Crippen LogP contribution >= 0.6 is 0 Å². The van der Waals surface area contributed by atoms with Gasteiger partial charge in [-0.3, -0.25) is 0 Å². The topological polar surface area (TPSA) is 3.24 Å². The van der Waals surface area contributed by atoms with Crippen LogP contribution < -0.4 is 0 Å². The first-order valence-electron chi connectivity index (χ1n) is 4.66. The van der Waals surface area contributed by atoms with Gasteiger partial charge >= 0.3 is 73.0 Å². The van der Waals surface area contributed by atoms with E-state index in [2.05, 4.69) is 22.6 Å². The minimum atomic E-state index is 1.36. The standard InChI is InChI=1S/C8H16N.Li/c1-2-3-6-9-7-4-5-8-9;/h1-8H2;. The van der Waals surface area contributed by atoms with Crippen molar-refractivity contribution in [1.29, 1.82) is 0 Å². The van der Waals surface area contributed by atoms with Crippen molar-refractivity contribution in [3.8, 4) is 0 Å². The van der Waals surface area contributed by atoms with Gasteiger partial charge in [0.05, 0.1) is 0 Å². The van der Waals surface area contributed by atoms with E-state index < -0.39 is 0 Å². The summed E-state index contributed by atoms with van der Waals surface area (Å²) in [6.45, 7) is 4.08. The summed E-state index contributed by atoms with van der Waals surface area (Å²) in [6.07, 6.45) is 5.70. The molecule has 0 bridgehead atoms. The number of rotatable bonds is 4. The molecule has 0 aromatic carbocycles. The quantitative estimate of drug-likeness (QED) is 0.414. The monoisotopic (exact) mass is 133 g/mol. The molecule has 54 valence electrons. The Morgan fingerprint density at radius 1 is 1.10 bits per heavy atom.